The van der Waals surface area contributed by atoms with E-state index < -0.39 is 26.6 Å². The number of nitrogens with two attached hydrogens (primary N) is 1. The van der Waals surface area contributed by atoms with Gasteiger partial charge in [-0.1, -0.05) is 0 Å². The minimum atomic E-state index is -4.04. The van der Waals surface area contributed by atoms with E-state index in [9.17, 15) is 17.2 Å². The van der Waals surface area contributed by atoms with Crippen LogP contribution in [0.4, 0.5) is 14.5 Å². The van der Waals surface area contributed by atoms with E-state index in [0.717, 1.165) is 16.5 Å². The maximum atomic E-state index is 13.8. The zero-order valence-electron chi connectivity index (χ0n) is 10.8. The van der Waals surface area contributed by atoms with E-state index in [1.807, 2.05) is 11.4 Å². The normalized spacial score (nSPS) is 15.9. The number of nitrogens with zero attached hydrogens (tertiary/aromatic N) is 1. The van der Waals surface area contributed by atoms with Gasteiger partial charge >= 0.3 is 0 Å². The summed E-state index contributed by atoms with van der Waals surface area (Å²) < 4.78 is 53.2. The van der Waals surface area contributed by atoms with Crippen LogP contribution in [0.1, 0.15) is 10.4 Å². The van der Waals surface area contributed by atoms with Crippen molar-refractivity contribution in [1.29, 1.82) is 0 Å². The summed E-state index contributed by atoms with van der Waals surface area (Å²) in [5.74, 6) is -2.09. The zero-order chi connectivity index (χ0) is 15.2. The van der Waals surface area contributed by atoms with E-state index in [1.54, 1.807) is 11.3 Å². The lowest BCUT2D eigenvalue weighted by Gasteiger charge is -2.26. The van der Waals surface area contributed by atoms with Gasteiger partial charge in [0.05, 0.1) is 5.69 Å². The van der Waals surface area contributed by atoms with Crippen LogP contribution in [-0.2, 0) is 23.0 Å². The summed E-state index contributed by atoms with van der Waals surface area (Å²) in [6.07, 6.45) is 0.588. The van der Waals surface area contributed by atoms with Crippen molar-refractivity contribution < 1.29 is 17.2 Å². The molecule has 0 saturated carbocycles. The van der Waals surface area contributed by atoms with Gasteiger partial charge < -0.3 is 5.73 Å². The lowest BCUT2D eigenvalue weighted by Crippen LogP contribution is -2.35. The van der Waals surface area contributed by atoms with Crippen LogP contribution in [-0.4, -0.2) is 19.3 Å². The number of fused-ring (bicyclic) bond motifs is 1. The van der Waals surface area contributed by atoms with Crippen LogP contribution in [0.5, 0.6) is 0 Å². The highest BCUT2D eigenvalue weighted by Crippen LogP contribution is 2.30. The molecule has 1 aliphatic rings. The standard InChI is InChI=1S/C13H12F2N2O2S2/c14-9-5-10(15)13(6-11(9)16)21(18,19)17-3-1-12-8(7-17)2-4-20-12/h2,4-6H,1,3,7,16H2. The summed E-state index contributed by atoms with van der Waals surface area (Å²) >= 11 is 1.58. The topological polar surface area (TPSA) is 63.4 Å². The Balaban J connectivity index is 2.00. The quantitative estimate of drug-likeness (QED) is 0.860. The van der Waals surface area contributed by atoms with Crippen LogP contribution in [0.25, 0.3) is 0 Å². The van der Waals surface area contributed by atoms with Gasteiger partial charge in [0.2, 0.25) is 10.0 Å². The fourth-order valence-corrected chi connectivity index (χ4v) is 4.70. The molecule has 0 spiro atoms. The number of anilines is 1. The van der Waals surface area contributed by atoms with Gasteiger partial charge in [0.15, 0.2) is 0 Å². The zero-order valence-corrected chi connectivity index (χ0v) is 12.5. The van der Waals surface area contributed by atoms with Gasteiger partial charge in [-0.05, 0) is 29.5 Å². The van der Waals surface area contributed by atoms with E-state index in [-0.39, 0.29) is 18.8 Å². The Labute approximate surface area is 124 Å². The highest BCUT2D eigenvalue weighted by atomic mass is 32.2. The van der Waals surface area contributed by atoms with Crippen molar-refractivity contribution in [2.75, 3.05) is 12.3 Å². The first kappa shape index (κ1) is 14.4. The third kappa shape index (κ3) is 2.43. The molecule has 0 bridgehead atoms. The summed E-state index contributed by atoms with van der Waals surface area (Å²) in [6, 6.07) is 3.20. The summed E-state index contributed by atoms with van der Waals surface area (Å²) in [6.45, 7) is 0.463. The molecule has 4 nitrogen and oxygen atoms in total. The van der Waals surface area contributed by atoms with E-state index in [2.05, 4.69) is 0 Å². The second-order valence-corrected chi connectivity index (χ2v) is 7.67. The first-order valence-corrected chi connectivity index (χ1v) is 8.51. The third-order valence-corrected chi connectivity index (χ3v) is 6.32. The number of rotatable bonds is 2. The molecule has 2 heterocycles. The number of thiophene rings is 1. The SMILES string of the molecule is Nc1cc(S(=O)(=O)N2CCc3sccc3C2)c(F)cc1F. The van der Waals surface area contributed by atoms with Gasteiger partial charge in [0.1, 0.15) is 16.5 Å². The molecule has 0 aliphatic carbocycles. The van der Waals surface area contributed by atoms with Crippen molar-refractivity contribution in [3.05, 3.63) is 45.7 Å². The molecule has 2 aromatic rings. The molecule has 2 N–H and O–H groups in total. The van der Waals surface area contributed by atoms with Crippen LogP contribution in [0.15, 0.2) is 28.5 Å². The monoisotopic (exact) mass is 330 g/mol. The second-order valence-electron chi connectivity index (χ2n) is 4.76. The van der Waals surface area contributed by atoms with Gasteiger partial charge in [-0.2, -0.15) is 4.31 Å². The minimum absolute atomic E-state index is 0.192. The van der Waals surface area contributed by atoms with Gasteiger partial charge in [-0.25, -0.2) is 17.2 Å². The van der Waals surface area contributed by atoms with Crippen LogP contribution < -0.4 is 5.73 Å². The molecule has 21 heavy (non-hydrogen) atoms. The molecule has 112 valence electrons. The van der Waals surface area contributed by atoms with Crippen molar-refractivity contribution in [2.24, 2.45) is 0 Å². The Morgan fingerprint density at radius 3 is 2.76 bits per heavy atom. The number of hydrogen-bond donors (Lipinski definition) is 1. The van der Waals surface area contributed by atoms with Gasteiger partial charge in [0, 0.05) is 24.0 Å². The van der Waals surface area contributed by atoms with Crippen molar-refractivity contribution in [1.82, 2.24) is 4.31 Å². The summed E-state index contributed by atoms with van der Waals surface area (Å²) in [5, 5.41) is 1.90. The molecule has 1 aromatic heterocycles. The molecular formula is C13H12F2N2O2S2. The lowest BCUT2D eigenvalue weighted by molar-refractivity contribution is 0.391. The fourth-order valence-electron chi connectivity index (χ4n) is 2.31. The molecule has 0 radical (unpaired) electrons. The summed E-state index contributed by atoms with van der Waals surface area (Å²) in [4.78, 5) is 0.556. The van der Waals surface area contributed by atoms with Crippen LogP contribution >= 0.6 is 11.3 Å². The predicted molar refractivity (Wildman–Crippen MR) is 76.4 cm³/mol. The lowest BCUT2D eigenvalue weighted by atomic mass is 10.1. The first-order valence-electron chi connectivity index (χ1n) is 6.19. The Bertz CT molecular complexity index is 802. The Morgan fingerprint density at radius 1 is 1.24 bits per heavy atom. The van der Waals surface area contributed by atoms with Gasteiger partial charge in [-0.3, -0.25) is 0 Å². The molecule has 0 unspecified atom stereocenters. The second kappa shape index (κ2) is 5.04. The Morgan fingerprint density at radius 2 is 2.00 bits per heavy atom. The molecule has 1 aromatic carbocycles. The minimum Gasteiger partial charge on any atom is -0.396 e. The smallest absolute Gasteiger partial charge is 0.246 e. The third-order valence-electron chi connectivity index (χ3n) is 3.44. The molecular weight excluding hydrogens is 318 g/mol. The van der Waals surface area contributed by atoms with Crippen LogP contribution in [0, 0.1) is 11.6 Å². The van der Waals surface area contributed by atoms with Crippen molar-refractivity contribution in [3.8, 4) is 0 Å². The highest BCUT2D eigenvalue weighted by molar-refractivity contribution is 7.89. The van der Waals surface area contributed by atoms with Crippen molar-refractivity contribution in [2.45, 2.75) is 17.9 Å². The van der Waals surface area contributed by atoms with Gasteiger partial charge in [-0.15, -0.1) is 11.3 Å². The van der Waals surface area contributed by atoms with Crippen LogP contribution in [0.3, 0.4) is 0 Å². The Kier molecular flexibility index (Phi) is 3.46. The largest absolute Gasteiger partial charge is 0.396 e. The van der Waals surface area contributed by atoms with E-state index in [4.69, 9.17) is 5.73 Å². The number of benzene rings is 1. The first-order chi connectivity index (χ1) is 9.89. The number of sulfonamides is 1. The van der Waals surface area contributed by atoms with Crippen LogP contribution in [0.2, 0.25) is 0 Å². The molecule has 0 amide bonds. The molecule has 3 rings (SSSR count). The van der Waals surface area contributed by atoms with E-state index in [0.29, 0.717) is 12.5 Å². The van der Waals surface area contributed by atoms with E-state index >= 15 is 0 Å². The molecule has 0 atom stereocenters. The van der Waals surface area contributed by atoms with E-state index in [1.165, 1.54) is 4.31 Å². The number of nitrogen functional groups attached to an aromatic ring is 1. The molecule has 1 aliphatic heterocycles. The molecule has 8 heteroatoms. The molecule has 0 saturated heterocycles. The average Bonchev–Trinajstić information content (AvgIpc) is 2.90. The summed E-state index contributed by atoms with van der Waals surface area (Å²) in [5.41, 5.74) is 5.89. The van der Waals surface area contributed by atoms with Crippen molar-refractivity contribution in [3.63, 3.8) is 0 Å². The maximum absolute atomic E-state index is 13.8. The number of halogens is 2. The summed E-state index contributed by atoms with van der Waals surface area (Å²) in [7, 11) is -4.04. The average molecular weight is 330 g/mol. The highest BCUT2D eigenvalue weighted by Gasteiger charge is 2.31. The maximum Gasteiger partial charge on any atom is 0.246 e. The Hall–Kier alpha value is -1.51. The number of hydrogen-bond acceptors (Lipinski definition) is 4. The fraction of sp³-hybridized carbons (Fsp3) is 0.231. The van der Waals surface area contributed by atoms with Crippen molar-refractivity contribution >= 4 is 27.0 Å². The molecule has 0 fully saturated rings. The van der Waals surface area contributed by atoms with Gasteiger partial charge in [0.25, 0.3) is 0 Å². The predicted octanol–water partition coefficient (Wildman–Crippen LogP) is 2.36.